The van der Waals surface area contributed by atoms with Crippen LogP contribution in [0.4, 0.5) is 5.69 Å². The van der Waals surface area contributed by atoms with Gasteiger partial charge in [-0.15, -0.1) is 11.3 Å². The molecular weight excluding hydrogens is 320 g/mol. The van der Waals surface area contributed by atoms with E-state index in [2.05, 4.69) is 10.1 Å². The molecule has 0 spiro atoms. The van der Waals surface area contributed by atoms with E-state index >= 15 is 0 Å². The zero-order valence-corrected chi connectivity index (χ0v) is 13.5. The van der Waals surface area contributed by atoms with Crippen molar-refractivity contribution >= 4 is 27.0 Å². The van der Waals surface area contributed by atoms with E-state index in [1.165, 1.54) is 21.9 Å². The predicted molar refractivity (Wildman–Crippen MR) is 86.7 cm³/mol. The molecule has 0 saturated heterocycles. The fourth-order valence-electron chi connectivity index (χ4n) is 2.07. The summed E-state index contributed by atoms with van der Waals surface area (Å²) < 4.78 is 27.3. The Morgan fingerprint density at radius 3 is 2.77 bits per heavy atom. The second-order valence-corrected chi connectivity index (χ2v) is 7.55. The lowest BCUT2D eigenvalue weighted by atomic mass is 10.3. The van der Waals surface area contributed by atoms with Crippen LogP contribution in [-0.4, -0.2) is 29.4 Å². The van der Waals surface area contributed by atoms with Gasteiger partial charge in [-0.2, -0.15) is 5.10 Å². The van der Waals surface area contributed by atoms with Crippen LogP contribution in [0.5, 0.6) is 0 Å². The van der Waals surface area contributed by atoms with Gasteiger partial charge in [0.15, 0.2) is 0 Å². The van der Waals surface area contributed by atoms with E-state index in [0.29, 0.717) is 5.69 Å². The Hall–Kier alpha value is -2.19. The van der Waals surface area contributed by atoms with E-state index in [1.54, 1.807) is 29.2 Å². The van der Waals surface area contributed by atoms with Crippen molar-refractivity contribution in [1.29, 1.82) is 0 Å². The molecule has 3 aromatic rings. The van der Waals surface area contributed by atoms with Gasteiger partial charge in [0.1, 0.15) is 5.01 Å². The zero-order chi connectivity index (χ0) is 15.6. The van der Waals surface area contributed by atoms with Crippen molar-refractivity contribution in [3.05, 3.63) is 59.3 Å². The topological polar surface area (TPSA) is 68.1 Å². The fourth-order valence-corrected chi connectivity index (χ4v) is 3.61. The number of anilines is 1. The average Bonchev–Trinajstić information content (AvgIpc) is 3.17. The van der Waals surface area contributed by atoms with Gasteiger partial charge in [0, 0.05) is 24.0 Å². The highest BCUT2D eigenvalue weighted by Crippen LogP contribution is 2.23. The van der Waals surface area contributed by atoms with Crippen molar-refractivity contribution in [2.24, 2.45) is 0 Å². The second kappa shape index (κ2) is 5.90. The summed E-state index contributed by atoms with van der Waals surface area (Å²) in [6.07, 6.45) is 6.35. The monoisotopic (exact) mass is 334 g/mol. The molecule has 0 aliphatic heterocycles. The van der Waals surface area contributed by atoms with Gasteiger partial charge in [0.25, 0.3) is 0 Å². The minimum atomic E-state index is -3.41. The molecule has 8 heteroatoms. The molecule has 2 heterocycles. The van der Waals surface area contributed by atoms with Crippen LogP contribution in [-0.2, 0) is 16.6 Å². The maximum Gasteiger partial charge on any atom is 0.232 e. The summed E-state index contributed by atoms with van der Waals surface area (Å²) in [5.41, 5.74) is 1.39. The predicted octanol–water partition coefficient (Wildman–Crippen LogP) is 2.29. The van der Waals surface area contributed by atoms with Gasteiger partial charge in [-0.3, -0.25) is 4.31 Å². The summed E-state index contributed by atoms with van der Waals surface area (Å²) in [4.78, 5) is 4.16. The lowest BCUT2D eigenvalue weighted by Crippen LogP contribution is -2.29. The van der Waals surface area contributed by atoms with Crippen molar-refractivity contribution in [1.82, 2.24) is 14.8 Å². The standard InChI is InChI=1S/C14H14N4O2S2/c1-22(19,20)18(11-14-15-7-9-21-14)13-5-2-4-12(10-13)17-8-3-6-16-17/h2-10H,11H2,1H3. The van der Waals surface area contributed by atoms with E-state index < -0.39 is 10.0 Å². The van der Waals surface area contributed by atoms with Gasteiger partial charge in [-0.25, -0.2) is 18.1 Å². The Morgan fingerprint density at radius 1 is 1.27 bits per heavy atom. The molecule has 6 nitrogen and oxygen atoms in total. The number of rotatable bonds is 5. The summed E-state index contributed by atoms with van der Waals surface area (Å²) in [7, 11) is -3.41. The Morgan fingerprint density at radius 2 is 2.14 bits per heavy atom. The van der Waals surface area contributed by atoms with Gasteiger partial charge in [-0.1, -0.05) is 6.07 Å². The lowest BCUT2D eigenvalue weighted by Gasteiger charge is -2.21. The molecule has 0 radical (unpaired) electrons. The number of nitrogens with zero attached hydrogens (tertiary/aromatic N) is 4. The minimum absolute atomic E-state index is 0.221. The Balaban J connectivity index is 1.99. The van der Waals surface area contributed by atoms with E-state index in [0.717, 1.165) is 10.7 Å². The molecule has 1 aromatic carbocycles. The van der Waals surface area contributed by atoms with E-state index in [1.807, 2.05) is 29.8 Å². The lowest BCUT2D eigenvalue weighted by molar-refractivity contribution is 0.596. The highest BCUT2D eigenvalue weighted by molar-refractivity contribution is 7.92. The molecule has 0 amide bonds. The third-order valence-electron chi connectivity index (χ3n) is 3.05. The molecule has 114 valence electrons. The maximum absolute atomic E-state index is 12.1. The Labute approximate surface area is 132 Å². The van der Waals surface area contributed by atoms with Crippen molar-refractivity contribution < 1.29 is 8.42 Å². The summed E-state index contributed by atoms with van der Waals surface area (Å²) in [5, 5.41) is 6.74. The van der Waals surface area contributed by atoms with Crippen LogP contribution in [0.15, 0.2) is 54.3 Å². The van der Waals surface area contributed by atoms with Gasteiger partial charge >= 0.3 is 0 Å². The summed E-state index contributed by atoms with van der Waals surface area (Å²) in [6, 6.07) is 9.06. The van der Waals surface area contributed by atoms with Crippen LogP contribution in [0.25, 0.3) is 5.69 Å². The zero-order valence-electron chi connectivity index (χ0n) is 11.8. The smallest absolute Gasteiger partial charge is 0.232 e. The first-order valence-electron chi connectivity index (χ1n) is 6.50. The second-order valence-electron chi connectivity index (χ2n) is 4.67. The first kappa shape index (κ1) is 14.7. The molecule has 0 bridgehead atoms. The van der Waals surface area contributed by atoms with Crippen LogP contribution in [0.1, 0.15) is 5.01 Å². The Kier molecular flexibility index (Phi) is 3.95. The van der Waals surface area contributed by atoms with Gasteiger partial charge in [-0.05, 0) is 24.3 Å². The van der Waals surface area contributed by atoms with Crippen LogP contribution in [0.3, 0.4) is 0 Å². The SMILES string of the molecule is CS(=O)(=O)N(Cc1nccs1)c1cccc(-n2cccn2)c1. The van der Waals surface area contributed by atoms with Crippen LogP contribution >= 0.6 is 11.3 Å². The van der Waals surface area contributed by atoms with Crippen LogP contribution < -0.4 is 4.31 Å². The van der Waals surface area contributed by atoms with E-state index in [4.69, 9.17) is 0 Å². The van der Waals surface area contributed by atoms with Crippen LogP contribution in [0.2, 0.25) is 0 Å². The van der Waals surface area contributed by atoms with Crippen LogP contribution in [0, 0.1) is 0 Å². The van der Waals surface area contributed by atoms with Crippen molar-refractivity contribution in [2.75, 3.05) is 10.6 Å². The molecule has 0 unspecified atom stereocenters. The first-order chi connectivity index (χ1) is 10.5. The number of thiazole rings is 1. The summed E-state index contributed by atoms with van der Waals surface area (Å²) in [6.45, 7) is 0.221. The maximum atomic E-state index is 12.1. The summed E-state index contributed by atoms with van der Waals surface area (Å²) in [5.74, 6) is 0. The quantitative estimate of drug-likeness (QED) is 0.718. The molecule has 0 aliphatic rings. The summed E-state index contributed by atoms with van der Waals surface area (Å²) >= 11 is 1.43. The molecule has 22 heavy (non-hydrogen) atoms. The molecule has 0 saturated carbocycles. The number of hydrogen-bond acceptors (Lipinski definition) is 5. The Bertz CT molecular complexity index is 843. The number of hydrogen-bond donors (Lipinski definition) is 0. The first-order valence-corrected chi connectivity index (χ1v) is 9.23. The normalized spacial score (nSPS) is 11.5. The molecule has 0 atom stereocenters. The number of sulfonamides is 1. The fraction of sp³-hybridized carbons (Fsp3) is 0.143. The van der Waals surface area contributed by atoms with Crippen molar-refractivity contribution in [3.63, 3.8) is 0 Å². The van der Waals surface area contributed by atoms with Gasteiger partial charge in [0.05, 0.1) is 24.2 Å². The molecule has 0 aliphatic carbocycles. The highest BCUT2D eigenvalue weighted by Gasteiger charge is 2.19. The van der Waals surface area contributed by atoms with Crippen molar-refractivity contribution in [3.8, 4) is 5.69 Å². The minimum Gasteiger partial charge on any atom is -0.264 e. The molecular formula is C14H14N4O2S2. The van der Waals surface area contributed by atoms with Crippen molar-refractivity contribution in [2.45, 2.75) is 6.54 Å². The average molecular weight is 334 g/mol. The highest BCUT2D eigenvalue weighted by atomic mass is 32.2. The third kappa shape index (κ3) is 3.18. The number of aromatic nitrogens is 3. The van der Waals surface area contributed by atoms with E-state index in [9.17, 15) is 8.42 Å². The third-order valence-corrected chi connectivity index (χ3v) is 4.95. The van der Waals surface area contributed by atoms with Gasteiger partial charge < -0.3 is 0 Å². The largest absolute Gasteiger partial charge is 0.264 e. The van der Waals surface area contributed by atoms with Gasteiger partial charge in [0.2, 0.25) is 10.0 Å². The molecule has 0 N–H and O–H groups in total. The number of benzene rings is 1. The molecule has 2 aromatic heterocycles. The van der Waals surface area contributed by atoms with E-state index in [-0.39, 0.29) is 6.54 Å². The molecule has 3 rings (SSSR count). The molecule has 0 fully saturated rings.